The Labute approximate surface area is 96.4 Å². The molecule has 0 aliphatic carbocycles. The summed E-state index contributed by atoms with van der Waals surface area (Å²) in [5.74, 6) is 4.21. The van der Waals surface area contributed by atoms with E-state index in [2.05, 4.69) is 30.8 Å². The summed E-state index contributed by atoms with van der Waals surface area (Å²) >= 11 is 2.10. The van der Waals surface area contributed by atoms with Crippen molar-refractivity contribution in [2.45, 2.75) is 25.7 Å². The normalized spacial score (nSPS) is 23.7. The molecule has 1 aliphatic rings. The van der Waals surface area contributed by atoms with Gasteiger partial charge in [0.05, 0.1) is 0 Å². The van der Waals surface area contributed by atoms with Gasteiger partial charge in [-0.25, -0.2) is 0 Å². The van der Waals surface area contributed by atoms with E-state index in [4.69, 9.17) is 5.73 Å². The van der Waals surface area contributed by atoms with Crippen LogP contribution in [0, 0.1) is 5.92 Å². The number of thioether (sulfide) groups is 1. The van der Waals surface area contributed by atoms with Gasteiger partial charge in [-0.1, -0.05) is 19.1 Å². The third kappa shape index (κ3) is 2.69. The second-order valence-corrected chi connectivity index (χ2v) is 5.58. The van der Waals surface area contributed by atoms with Crippen molar-refractivity contribution in [2.75, 3.05) is 17.2 Å². The van der Waals surface area contributed by atoms with Gasteiger partial charge in [0.15, 0.2) is 0 Å². The van der Waals surface area contributed by atoms with Crippen molar-refractivity contribution in [3.63, 3.8) is 0 Å². The van der Waals surface area contributed by atoms with Crippen LogP contribution in [-0.2, 0) is 0 Å². The molecule has 1 fully saturated rings. The van der Waals surface area contributed by atoms with E-state index < -0.39 is 0 Å². The molecule has 0 bridgehead atoms. The van der Waals surface area contributed by atoms with Gasteiger partial charge in [0.25, 0.3) is 0 Å². The zero-order chi connectivity index (χ0) is 10.7. The lowest BCUT2D eigenvalue weighted by Crippen LogP contribution is -2.17. The Balaban J connectivity index is 2.05. The van der Waals surface area contributed by atoms with Gasteiger partial charge in [-0.05, 0) is 53.9 Å². The Hall–Kier alpha value is -0.630. The Morgan fingerprint density at radius 1 is 1.33 bits per heavy atom. The van der Waals surface area contributed by atoms with Gasteiger partial charge in [-0.2, -0.15) is 11.8 Å². The molecule has 2 atom stereocenters. The first-order valence-electron chi connectivity index (χ1n) is 5.70. The molecule has 15 heavy (non-hydrogen) atoms. The Morgan fingerprint density at radius 2 is 2.07 bits per heavy atom. The number of hydrogen-bond acceptors (Lipinski definition) is 2. The monoisotopic (exact) mass is 221 g/mol. The second kappa shape index (κ2) is 4.93. The first kappa shape index (κ1) is 10.9. The van der Waals surface area contributed by atoms with Crippen molar-refractivity contribution >= 4 is 17.4 Å². The lowest BCUT2D eigenvalue weighted by molar-refractivity contribution is 0.448. The fourth-order valence-corrected chi connectivity index (χ4v) is 3.53. The van der Waals surface area contributed by atoms with E-state index in [9.17, 15) is 0 Å². The van der Waals surface area contributed by atoms with Crippen molar-refractivity contribution in [3.05, 3.63) is 29.8 Å². The van der Waals surface area contributed by atoms with Crippen LogP contribution < -0.4 is 5.73 Å². The van der Waals surface area contributed by atoms with Gasteiger partial charge >= 0.3 is 0 Å². The summed E-state index contributed by atoms with van der Waals surface area (Å²) in [7, 11) is 0. The zero-order valence-electron chi connectivity index (χ0n) is 9.28. The summed E-state index contributed by atoms with van der Waals surface area (Å²) in [5.41, 5.74) is 8.01. The highest BCUT2D eigenvalue weighted by Gasteiger charge is 2.21. The Morgan fingerprint density at radius 3 is 2.67 bits per heavy atom. The van der Waals surface area contributed by atoms with Crippen LogP contribution in [0.15, 0.2) is 24.3 Å². The summed E-state index contributed by atoms with van der Waals surface area (Å²) in [6.07, 6.45) is 2.77. The van der Waals surface area contributed by atoms with E-state index >= 15 is 0 Å². The molecule has 2 N–H and O–H groups in total. The third-order valence-corrected chi connectivity index (χ3v) is 4.61. The van der Waals surface area contributed by atoms with Gasteiger partial charge in [0.2, 0.25) is 0 Å². The van der Waals surface area contributed by atoms with Crippen LogP contribution in [0.1, 0.15) is 31.2 Å². The van der Waals surface area contributed by atoms with Crippen LogP contribution in [0.5, 0.6) is 0 Å². The maximum absolute atomic E-state index is 5.70. The quantitative estimate of drug-likeness (QED) is 0.773. The summed E-state index contributed by atoms with van der Waals surface area (Å²) in [4.78, 5) is 0. The molecule has 2 unspecified atom stereocenters. The van der Waals surface area contributed by atoms with Crippen molar-refractivity contribution in [2.24, 2.45) is 5.92 Å². The van der Waals surface area contributed by atoms with Crippen molar-refractivity contribution < 1.29 is 0 Å². The molecule has 1 aromatic carbocycles. The van der Waals surface area contributed by atoms with E-state index in [0.717, 1.165) is 11.6 Å². The number of rotatable bonds is 2. The molecule has 1 aliphatic heterocycles. The van der Waals surface area contributed by atoms with Gasteiger partial charge < -0.3 is 5.73 Å². The van der Waals surface area contributed by atoms with Crippen LogP contribution in [0.2, 0.25) is 0 Å². The molecule has 0 radical (unpaired) electrons. The fourth-order valence-electron chi connectivity index (χ4n) is 2.23. The van der Waals surface area contributed by atoms with Crippen molar-refractivity contribution in [1.29, 1.82) is 0 Å². The Bertz CT molecular complexity index is 301. The highest BCUT2D eigenvalue weighted by Crippen LogP contribution is 2.34. The van der Waals surface area contributed by atoms with E-state index in [-0.39, 0.29) is 0 Å². The van der Waals surface area contributed by atoms with E-state index in [0.29, 0.717) is 5.92 Å². The molecule has 1 heterocycles. The van der Waals surface area contributed by atoms with Crippen LogP contribution in [0.25, 0.3) is 0 Å². The van der Waals surface area contributed by atoms with Crippen LogP contribution in [0.3, 0.4) is 0 Å². The lowest BCUT2D eigenvalue weighted by atomic mass is 9.86. The summed E-state index contributed by atoms with van der Waals surface area (Å²) in [6.45, 7) is 2.35. The molecular weight excluding hydrogens is 202 g/mol. The number of benzene rings is 1. The number of anilines is 1. The number of nitrogen functional groups attached to an aromatic ring is 1. The molecule has 1 saturated heterocycles. The average Bonchev–Trinajstić information content (AvgIpc) is 2.30. The van der Waals surface area contributed by atoms with Crippen molar-refractivity contribution in [3.8, 4) is 0 Å². The van der Waals surface area contributed by atoms with Crippen LogP contribution in [-0.4, -0.2) is 11.5 Å². The topological polar surface area (TPSA) is 26.0 Å². The standard InChI is InChI=1S/C13H19NS/c1-10(12-3-2-8-15-9-12)11-4-6-13(14)7-5-11/h4-7,10,12H,2-3,8-9,14H2,1H3. The zero-order valence-corrected chi connectivity index (χ0v) is 10.1. The molecular formula is C13H19NS. The fraction of sp³-hybridized carbons (Fsp3) is 0.538. The van der Waals surface area contributed by atoms with Gasteiger partial charge in [0, 0.05) is 5.69 Å². The minimum Gasteiger partial charge on any atom is -0.399 e. The van der Waals surface area contributed by atoms with Gasteiger partial charge in [0.1, 0.15) is 0 Å². The smallest absolute Gasteiger partial charge is 0.0314 e. The average molecular weight is 221 g/mol. The van der Waals surface area contributed by atoms with E-state index in [1.54, 1.807) is 0 Å². The summed E-state index contributed by atoms with van der Waals surface area (Å²) in [6, 6.07) is 8.39. The largest absolute Gasteiger partial charge is 0.399 e. The van der Waals surface area contributed by atoms with Gasteiger partial charge in [-0.15, -0.1) is 0 Å². The minimum absolute atomic E-state index is 0.679. The molecule has 82 valence electrons. The second-order valence-electron chi connectivity index (χ2n) is 4.43. The molecule has 0 amide bonds. The van der Waals surface area contributed by atoms with E-state index in [1.807, 2.05) is 12.1 Å². The summed E-state index contributed by atoms with van der Waals surface area (Å²) in [5, 5.41) is 0. The first-order valence-corrected chi connectivity index (χ1v) is 6.86. The first-order chi connectivity index (χ1) is 7.27. The molecule has 1 nitrogen and oxygen atoms in total. The Kier molecular flexibility index (Phi) is 3.57. The van der Waals surface area contributed by atoms with Crippen LogP contribution in [0.4, 0.5) is 5.69 Å². The van der Waals surface area contributed by atoms with E-state index in [1.165, 1.54) is 29.9 Å². The molecule has 1 aromatic rings. The predicted octanol–water partition coefficient (Wildman–Crippen LogP) is 3.52. The van der Waals surface area contributed by atoms with Crippen molar-refractivity contribution in [1.82, 2.24) is 0 Å². The predicted molar refractivity (Wildman–Crippen MR) is 69.3 cm³/mol. The summed E-state index contributed by atoms with van der Waals surface area (Å²) < 4.78 is 0. The third-order valence-electron chi connectivity index (χ3n) is 3.36. The lowest BCUT2D eigenvalue weighted by Gasteiger charge is -2.27. The molecule has 2 heteroatoms. The number of nitrogens with two attached hydrogens (primary N) is 1. The molecule has 2 rings (SSSR count). The minimum atomic E-state index is 0.679. The highest BCUT2D eigenvalue weighted by atomic mass is 32.2. The molecule has 0 aromatic heterocycles. The maximum atomic E-state index is 5.70. The molecule has 0 spiro atoms. The maximum Gasteiger partial charge on any atom is 0.0314 e. The SMILES string of the molecule is CC(c1ccc(N)cc1)C1CCCSC1. The number of hydrogen-bond donors (Lipinski definition) is 1. The van der Waals surface area contributed by atoms with Crippen LogP contribution >= 0.6 is 11.8 Å². The highest BCUT2D eigenvalue weighted by molar-refractivity contribution is 7.99. The van der Waals surface area contributed by atoms with Gasteiger partial charge in [-0.3, -0.25) is 0 Å². The molecule has 0 saturated carbocycles.